The van der Waals surface area contributed by atoms with Crippen LogP contribution >= 0.6 is 23.7 Å². The van der Waals surface area contributed by atoms with E-state index >= 15 is 0 Å². The van der Waals surface area contributed by atoms with Crippen LogP contribution in [0.15, 0.2) is 48.7 Å². The summed E-state index contributed by atoms with van der Waals surface area (Å²) >= 11 is 1.54. The lowest BCUT2D eigenvalue weighted by Crippen LogP contribution is -2.30. The van der Waals surface area contributed by atoms with Gasteiger partial charge in [-0.25, -0.2) is 9.97 Å². The number of halogens is 1. The molecule has 0 aliphatic carbocycles. The fourth-order valence-corrected chi connectivity index (χ4v) is 3.74. The topological polar surface area (TPSA) is 95.4 Å². The number of carbonyl (C=O) groups excluding carboxylic acids is 1. The van der Waals surface area contributed by atoms with E-state index < -0.39 is 5.97 Å². The molecule has 0 aromatic carbocycles. The monoisotopic (exact) mass is 446 g/mol. The molecule has 9 heteroatoms. The lowest BCUT2D eigenvalue weighted by atomic mass is 10.3. The van der Waals surface area contributed by atoms with E-state index in [1.807, 2.05) is 49.4 Å². The number of nitrogens with one attached hydrogen (secondary N) is 1. The maximum Gasteiger partial charge on any atom is 0.305 e. The van der Waals surface area contributed by atoms with Crippen molar-refractivity contribution in [3.63, 3.8) is 0 Å². The van der Waals surface area contributed by atoms with Crippen LogP contribution in [0, 0.1) is 6.92 Å². The molecule has 1 amide bonds. The highest BCUT2D eigenvalue weighted by Gasteiger charge is 2.13. The van der Waals surface area contributed by atoms with Gasteiger partial charge in [-0.15, -0.1) is 23.7 Å². The molecule has 158 valence electrons. The predicted molar refractivity (Wildman–Crippen MR) is 120 cm³/mol. The molecule has 0 saturated heterocycles. The van der Waals surface area contributed by atoms with Crippen molar-refractivity contribution in [2.45, 2.75) is 26.8 Å². The average molecular weight is 447 g/mol. The highest BCUT2D eigenvalue weighted by Crippen LogP contribution is 2.29. The van der Waals surface area contributed by atoms with Gasteiger partial charge in [-0.2, -0.15) is 0 Å². The molecule has 0 aliphatic heterocycles. The lowest BCUT2D eigenvalue weighted by Gasteiger charge is -2.19. The van der Waals surface area contributed by atoms with Gasteiger partial charge < -0.3 is 15.3 Å². The van der Waals surface area contributed by atoms with Crippen LogP contribution in [0.3, 0.4) is 0 Å². The summed E-state index contributed by atoms with van der Waals surface area (Å²) in [6.45, 7) is 4.04. The molecule has 30 heavy (non-hydrogen) atoms. The van der Waals surface area contributed by atoms with Crippen LogP contribution in [0.1, 0.15) is 23.8 Å². The van der Waals surface area contributed by atoms with Crippen LogP contribution in [0.4, 0.5) is 11.6 Å². The van der Waals surface area contributed by atoms with E-state index in [0.29, 0.717) is 12.4 Å². The SMILES string of the molecule is CC(=O)N(CCC(=O)O)Cc1ccc(-c2cccc(Nc3cc(C)ccn3)n2)s1.Cl. The lowest BCUT2D eigenvalue weighted by molar-refractivity contribution is -0.138. The Morgan fingerprint density at radius 3 is 2.67 bits per heavy atom. The number of carboxylic acids is 1. The van der Waals surface area contributed by atoms with E-state index in [4.69, 9.17) is 5.11 Å². The van der Waals surface area contributed by atoms with Crippen molar-refractivity contribution in [2.24, 2.45) is 0 Å². The molecular formula is C21H23ClN4O3S. The Balaban J connectivity index is 0.00000320. The number of thiophene rings is 1. The number of nitrogens with zero attached hydrogens (tertiary/aromatic N) is 3. The number of hydrogen-bond acceptors (Lipinski definition) is 6. The predicted octanol–water partition coefficient (Wildman–Crippen LogP) is 4.50. The summed E-state index contributed by atoms with van der Waals surface area (Å²) in [5.41, 5.74) is 1.93. The highest BCUT2D eigenvalue weighted by atomic mass is 35.5. The van der Waals surface area contributed by atoms with Gasteiger partial charge in [-0.1, -0.05) is 6.07 Å². The third kappa shape index (κ3) is 6.53. The third-order valence-corrected chi connectivity index (χ3v) is 5.31. The summed E-state index contributed by atoms with van der Waals surface area (Å²) in [5.74, 6) is 0.371. The fraction of sp³-hybridized carbons (Fsp3) is 0.238. The second-order valence-electron chi connectivity index (χ2n) is 6.60. The van der Waals surface area contributed by atoms with Gasteiger partial charge in [0.05, 0.1) is 23.5 Å². The number of carboxylic acid groups (broad SMARTS) is 1. The molecule has 0 saturated carbocycles. The Kier molecular flexibility index (Phi) is 8.32. The van der Waals surface area contributed by atoms with Crippen molar-refractivity contribution < 1.29 is 14.7 Å². The van der Waals surface area contributed by atoms with Gasteiger partial charge in [0.15, 0.2) is 0 Å². The van der Waals surface area contributed by atoms with E-state index in [0.717, 1.165) is 26.8 Å². The van der Waals surface area contributed by atoms with Gasteiger partial charge in [-0.3, -0.25) is 9.59 Å². The smallest absolute Gasteiger partial charge is 0.305 e. The Bertz CT molecular complexity index is 1020. The maximum absolute atomic E-state index is 11.8. The van der Waals surface area contributed by atoms with E-state index in [1.165, 1.54) is 18.3 Å². The molecule has 0 bridgehead atoms. The summed E-state index contributed by atoms with van der Waals surface area (Å²) < 4.78 is 0. The Morgan fingerprint density at radius 1 is 1.17 bits per heavy atom. The van der Waals surface area contributed by atoms with Crippen molar-refractivity contribution in [3.05, 3.63) is 59.1 Å². The number of aromatic nitrogens is 2. The van der Waals surface area contributed by atoms with Crippen LogP contribution in [0.5, 0.6) is 0 Å². The second kappa shape index (κ2) is 10.7. The van der Waals surface area contributed by atoms with Crippen molar-refractivity contribution >= 4 is 47.3 Å². The standard InChI is InChI=1S/C21H22N4O3S.ClH/c1-14-8-10-22-20(12-14)24-19-5-3-4-17(23-19)18-7-6-16(29-18)13-25(15(2)26)11-9-21(27)28;/h3-8,10,12H,9,11,13H2,1-2H3,(H,27,28)(H,22,23,24);1H. The number of carbonyl (C=O) groups is 2. The first-order chi connectivity index (χ1) is 13.9. The largest absolute Gasteiger partial charge is 0.481 e. The van der Waals surface area contributed by atoms with E-state index in [2.05, 4.69) is 15.3 Å². The van der Waals surface area contributed by atoms with Gasteiger partial charge >= 0.3 is 5.97 Å². The fourth-order valence-electron chi connectivity index (χ4n) is 2.74. The van der Waals surface area contributed by atoms with Crippen molar-refractivity contribution in [1.82, 2.24) is 14.9 Å². The summed E-state index contributed by atoms with van der Waals surface area (Å²) in [5, 5.41) is 12.1. The first-order valence-corrected chi connectivity index (χ1v) is 9.95. The van der Waals surface area contributed by atoms with E-state index in [-0.39, 0.29) is 31.3 Å². The van der Waals surface area contributed by atoms with Crippen molar-refractivity contribution in [2.75, 3.05) is 11.9 Å². The highest BCUT2D eigenvalue weighted by molar-refractivity contribution is 7.15. The van der Waals surface area contributed by atoms with Crippen LogP contribution in [-0.2, 0) is 16.1 Å². The molecule has 0 unspecified atom stereocenters. The number of rotatable bonds is 8. The molecule has 0 aliphatic rings. The minimum atomic E-state index is -0.917. The maximum atomic E-state index is 11.8. The molecule has 3 aromatic heterocycles. The van der Waals surface area contributed by atoms with Crippen LogP contribution < -0.4 is 5.32 Å². The summed E-state index contributed by atoms with van der Waals surface area (Å²) in [7, 11) is 0. The number of pyridine rings is 2. The van der Waals surface area contributed by atoms with E-state index in [1.54, 1.807) is 11.1 Å². The first kappa shape index (κ1) is 23.3. The molecule has 2 N–H and O–H groups in total. The Labute approximate surface area is 185 Å². The summed E-state index contributed by atoms with van der Waals surface area (Å²) in [6.07, 6.45) is 1.68. The summed E-state index contributed by atoms with van der Waals surface area (Å²) in [4.78, 5) is 35.0. The molecule has 3 aromatic rings. The van der Waals surface area contributed by atoms with Gasteiger partial charge in [-0.05, 0) is 48.9 Å². The second-order valence-corrected chi connectivity index (χ2v) is 7.77. The van der Waals surface area contributed by atoms with Crippen LogP contribution in [0.2, 0.25) is 0 Å². The number of anilines is 2. The minimum absolute atomic E-state index is 0. The zero-order valence-corrected chi connectivity index (χ0v) is 18.3. The molecule has 0 atom stereocenters. The number of aryl methyl sites for hydroxylation is 1. The van der Waals surface area contributed by atoms with Crippen molar-refractivity contribution in [3.8, 4) is 10.6 Å². The average Bonchev–Trinajstić information content (AvgIpc) is 3.14. The molecule has 0 radical (unpaired) electrons. The van der Waals surface area contributed by atoms with Crippen LogP contribution in [0.25, 0.3) is 10.6 Å². The molecule has 3 heterocycles. The molecule has 0 spiro atoms. The molecule has 3 rings (SSSR count). The van der Waals surface area contributed by atoms with E-state index in [9.17, 15) is 9.59 Å². The molecule has 0 fully saturated rings. The summed E-state index contributed by atoms with van der Waals surface area (Å²) in [6, 6.07) is 13.5. The van der Waals surface area contributed by atoms with Gasteiger partial charge in [0, 0.05) is 24.5 Å². The minimum Gasteiger partial charge on any atom is -0.481 e. The molecular weight excluding hydrogens is 424 g/mol. The Hall–Kier alpha value is -2.97. The van der Waals surface area contributed by atoms with Crippen LogP contribution in [-0.4, -0.2) is 38.4 Å². The quantitative estimate of drug-likeness (QED) is 0.528. The first-order valence-electron chi connectivity index (χ1n) is 9.14. The van der Waals surface area contributed by atoms with Gasteiger partial charge in [0.25, 0.3) is 0 Å². The zero-order valence-electron chi connectivity index (χ0n) is 16.7. The van der Waals surface area contributed by atoms with Gasteiger partial charge in [0.2, 0.25) is 5.91 Å². The number of hydrogen-bond donors (Lipinski definition) is 2. The third-order valence-electron chi connectivity index (χ3n) is 4.22. The Morgan fingerprint density at radius 2 is 1.97 bits per heavy atom. The number of amides is 1. The number of aliphatic carboxylic acids is 1. The molecule has 7 nitrogen and oxygen atoms in total. The normalized spacial score (nSPS) is 10.2. The van der Waals surface area contributed by atoms with Gasteiger partial charge in [0.1, 0.15) is 11.6 Å². The zero-order chi connectivity index (χ0) is 20.8. The van der Waals surface area contributed by atoms with Crippen molar-refractivity contribution in [1.29, 1.82) is 0 Å².